The summed E-state index contributed by atoms with van der Waals surface area (Å²) in [5, 5.41) is 4.57. The first kappa shape index (κ1) is 17.2. The molecule has 0 fully saturated rings. The number of halogens is 1. The predicted octanol–water partition coefficient (Wildman–Crippen LogP) is 4.78. The molecule has 1 N–H and O–H groups in total. The first-order chi connectivity index (χ1) is 13.8. The van der Waals surface area contributed by atoms with Gasteiger partial charge in [0, 0.05) is 23.8 Å². The average molecular weight is 391 g/mol. The number of nitrogens with zero attached hydrogens (tertiary/aromatic N) is 4. The number of rotatable bonds is 4. The average Bonchev–Trinajstić information content (AvgIpc) is 3.12. The van der Waals surface area contributed by atoms with E-state index in [4.69, 9.17) is 9.97 Å². The monoisotopic (exact) mass is 391 g/mol. The number of aryl methyl sites for hydroxylation is 2. The van der Waals surface area contributed by atoms with E-state index in [2.05, 4.69) is 15.3 Å². The van der Waals surface area contributed by atoms with E-state index in [-0.39, 0.29) is 5.82 Å². The molecule has 0 radical (unpaired) electrons. The van der Waals surface area contributed by atoms with E-state index in [9.17, 15) is 4.39 Å². The van der Waals surface area contributed by atoms with E-state index in [0.717, 1.165) is 34.4 Å². The van der Waals surface area contributed by atoms with Gasteiger partial charge in [0.05, 0.1) is 11.6 Å². The van der Waals surface area contributed by atoms with Gasteiger partial charge in [-0.1, -0.05) is 12.1 Å². The van der Waals surface area contributed by atoms with Gasteiger partial charge in [0.15, 0.2) is 5.82 Å². The van der Waals surface area contributed by atoms with Crippen LogP contribution < -0.4 is 5.32 Å². The molecule has 0 aliphatic heterocycles. The topological polar surface area (TPSA) is 63.6 Å². The second-order valence-electron chi connectivity index (χ2n) is 6.86. The number of hydrogen-bond acceptors (Lipinski definition) is 6. The molecule has 3 heterocycles. The largest absolute Gasteiger partial charge is 0.365 e. The molecule has 1 aliphatic carbocycles. The molecule has 3 aromatic heterocycles. The van der Waals surface area contributed by atoms with Crippen molar-refractivity contribution in [3.63, 3.8) is 0 Å². The minimum Gasteiger partial charge on any atom is -0.365 e. The van der Waals surface area contributed by atoms with Crippen LogP contribution in [-0.4, -0.2) is 19.9 Å². The third-order valence-corrected chi connectivity index (χ3v) is 6.17. The lowest BCUT2D eigenvalue weighted by Gasteiger charge is -2.13. The Morgan fingerprint density at radius 3 is 2.71 bits per heavy atom. The summed E-state index contributed by atoms with van der Waals surface area (Å²) in [4.78, 5) is 20.5. The van der Waals surface area contributed by atoms with Crippen LogP contribution in [-0.2, 0) is 19.4 Å². The molecule has 140 valence electrons. The zero-order valence-corrected chi connectivity index (χ0v) is 16.0. The van der Waals surface area contributed by atoms with E-state index >= 15 is 0 Å². The Labute approximate surface area is 165 Å². The molecule has 7 heteroatoms. The summed E-state index contributed by atoms with van der Waals surface area (Å²) in [6.45, 7) is 0.566. The maximum atomic E-state index is 13.2. The minimum absolute atomic E-state index is 0.231. The van der Waals surface area contributed by atoms with Gasteiger partial charge in [-0.05, 0) is 48.9 Å². The molecule has 0 unspecified atom stereocenters. The molecular formula is C21H18FN5S. The van der Waals surface area contributed by atoms with Gasteiger partial charge in [-0.15, -0.1) is 11.3 Å². The quantitative estimate of drug-likeness (QED) is 0.542. The van der Waals surface area contributed by atoms with Crippen LogP contribution in [0.2, 0.25) is 0 Å². The third kappa shape index (κ3) is 3.22. The Balaban J connectivity index is 1.59. The summed E-state index contributed by atoms with van der Waals surface area (Å²) in [5.41, 5.74) is 3.03. The van der Waals surface area contributed by atoms with Crippen LogP contribution in [0.4, 0.5) is 10.2 Å². The molecule has 1 aromatic carbocycles. The van der Waals surface area contributed by atoms with Gasteiger partial charge in [-0.2, -0.15) is 0 Å². The van der Waals surface area contributed by atoms with Gasteiger partial charge < -0.3 is 5.32 Å². The van der Waals surface area contributed by atoms with E-state index in [1.807, 2.05) is 0 Å². The SMILES string of the molecule is Fc1ccc(CNc2nc(-c3cnccn3)nc3sc4c(c23)CCCC4)cc1. The van der Waals surface area contributed by atoms with Crippen molar-refractivity contribution in [2.24, 2.45) is 0 Å². The van der Waals surface area contributed by atoms with Gasteiger partial charge >= 0.3 is 0 Å². The van der Waals surface area contributed by atoms with Crippen LogP contribution in [0.15, 0.2) is 42.9 Å². The Kier molecular flexibility index (Phi) is 4.44. The number of anilines is 1. The maximum Gasteiger partial charge on any atom is 0.183 e. The van der Waals surface area contributed by atoms with E-state index < -0.39 is 0 Å². The van der Waals surface area contributed by atoms with Gasteiger partial charge in [0.25, 0.3) is 0 Å². The van der Waals surface area contributed by atoms with E-state index in [1.54, 1.807) is 42.1 Å². The highest BCUT2D eigenvalue weighted by Crippen LogP contribution is 2.39. The van der Waals surface area contributed by atoms with Gasteiger partial charge in [0.2, 0.25) is 0 Å². The lowest BCUT2D eigenvalue weighted by molar-refractivity contribution is 0.627. The van der Waals surface area contributed by atoms with E-state index in [1.165, 1.54) is 35.4 Å². The molecule has 5 rings (SSSR count). The molecule has 0 amide bonds. The van der Waals surface area contributed by atoms with Crippen molar-refractivity contribution in [1.82, 2.24) is 19.9 Å². The summed E-state index contributed by atoms with van der Waals surface area (Å²) < 4.78 is 13.2. The van der Waals surface area contributed by atoms with Gasteiger partial charge in [-0.3, -0.25) is 4.98 Å². The van der Waals surface area contributed by atoms with Crippen LogP contribution in [0.5, 0.6) is 0 Å². The molecule has 0 saturated heterocycles. The first-order valence-corrected chi connectivity index (χ1v) is 10.2. The molecule has 28 heavy (non-hydrogen) atoms. The lowest BCUT2D eigenvalue weighted by atomic mass is 9.97. The summed E-state index contributed by atoms with van der Waals surface area (Å²) in [6, 6.07) is 6.52. The Morgan fingerprint density at radius 1 is 1.04 bits per heavy atom. The summed E-state index contributed by atoms with van der Waals surface area (Å²) in [5.74, 6) is 1.15. The van der Waals surface area contributed by atoms with Crippen LogP contribution >= 0.6 is 11.3 Å². The van der Waals surface area contributed by atoms with Crippen LogP contribution in [0.1, 0.15) is 28.8 Å². The summed E-state index contributed by atoms with van der Waals surface area (Å²) in [7, 11) is 0. The molecule has 1 aliphatic rings. The Hall–Kier alpha value is -2.93. The third-order valence-electron chi connectivity index (χ3n) is 4.98. The number of thiophene rings is 1. The van der Waals surface area contributed by atoms with Crippen molar-refractivity contribution in [2.75, 3.05) is 5.32 Å². The lowest BCUT2D eigenvalue weighted by Crippen LogP contribution is -2.06. The molecular weight excluding hydrogens is 373 g/mol. The zero-order chi connectivity index (χ0) is 18.9. The number of hydrogen-bond donors (Lipinski definition) is 1. The standard InChI is InChI=1S/C21H18FN5S/c22-14-7-5-13(6-8-14)11-25-20-18-15-3-1-2-4-17(15)28-21(18)27-19(26-20)16-12-23-9-10-24-16/h5-10,12H,1-4,11H2,(H,25,26,27). The van der Waals surface area contributed by atoms with Crippen molar-refractivity contribution < 1.29 is 4.39 Å². The van der Waals surface area contributed by atoms with Gasteiger partial charge in [0.1, 0.15) is 22.2 Å². The molecule has 0 spiro atoms. The number of aromatic nitrogens is 4. The Bertz CT molecular complexity index is 1130. The van der Waals surface area contributed by atoms with Crippen LogP contribution in [0.3, 0.4) is 0 Å². The minimum atomic E-state index is -0.231. The van der Waals surface area contributed by atoms with Crippen molar-refractivity contribution in [1.29, 1.82) is 0 Å². The predicted molar refractivity (Wildman–Crippen MR) is 109 cm³/mol. The van der Waals surface area contributed by atoms with Crippen molar-refractivity contribution in [3.8, 4) is 11.5 Å². The van der Waals surface area contributed by atoms with Crippen LogP contribution in [0, 0.1) is 5.82 Å². The second kappa shape index (κ2) is 7.24. The van der Waals surface area contributed by atoms with Gasteiger partial charge in [-0.25, -0.2) is 19.3 Å². The highest BCUT2D eigenvalue weighted by Gasteiger charge is 2.21. The molecule has 5 nitrogen and oxygen atoms in total. The van der Waals surface area contributed by atoms with Crippen molar-refractivity contribution >= 4 is 27.4 Å². The summed E-state index contributed by atoms with van der Waals surface area (Å²) >= 11 is 1.76. The second-order valence-corrected chi connectivity index (χ2v) is 7.94. The van der Waals surface area contributed by atoms with E-state index in [0.29, 0.717) is 18.1 Å². The highest BCUT2D eigenvalue weighted by atomic mass is 32.1. The fourth-order valence-electron chi connectivity index (χ4n) is 3.60. The first-order valence-electron chi connectivity index (χ1n) is 9.35. The summed E-state index contributed by atoms with van der Waals surface area (Å²) in [6.07, 6.45) is 9.55. The molecule has 0 saturated carbocycles. The number of benzene rings is 1. The normalized spacial score (nSPS) is 13.5. The fourth-order valence-corrected chi connectivity index (χ4v) is 4.86. The highest BCUT2D eigenvalue weighted by molar-refractivity contribution is 7.19. The number of nitrogens with one attached hydrogen (secondary N) is 1. The zero-order valence-electron chi connectivity index (χ0n) is 15.2. The smallest absolute Gasteiger partial charge is 0.183 e. The molecule has 4 aromatic rings. The molecule has 0 bridgehead atoms. The number of fused-ring (bicyclic) bond motifs is 3. The fraction of sp³-hybridized carbons (Fsp3) is 0.238. The maximum absolute atomic E-state index is 13.2. The van der Waals surface area contributed by atoms with Crippen molar-refractivity contribution in [3.05, 3.63) is 64.7 Å². The van der Waals surface area contributed by atoms with Crippen molar-refractivity contribution in [2.45, 2.75) is 32.2 Å². The molecule has 0 atom stereocenters. The van der Waals surface area contributed by atoms with Crippen LogP contribution in [0.25, 0.3) is 21.7 Å². The Morgan fingerprint density at radius 2 is 1.89 bits per heavy atom.